The van der Waals surface area contributed by atoms with Gasteiger partial charge >= 0.3 is 0 Å². The van der Waals surface area contributed by atoms with Gasteiger partial charge in [-0.25, -0.2) is 4.98 Å². The second kappa shape index (κ2) is 10.7. The van der Waals surface area contributed by atoms with Crippen molar-refractivity contribution in [1.82, 2.24) is 25.3 Å². The average Bonchev–Trinajstić information content (AvgIpc) is 3.38. The predicted octanol–water partition coefficient (Wildman–Crippen LogP) is 3.73. The third kappa shape index (κ3) is 5.12. The lowest BCUT2D eigenvalue weighted by atomic mass is 10.1. The summed E-state index contributed by atoms with van der Waals surface area (Å²) < 4.78 is 17.5. The van der Waals surface area contributed by atoms with Crippen LogP contribution in [0.15, 0.2) is 42.7 Å². The monoisotopic (exact) mass is 503 g/mol. The van der Waals surface area contributed by atoms with Crippen LogP contribution in [0, 0.1) is 0 Å². The van der Waals surface area contributed by atoms with Crippen LogP contribution in [-0.4, -0.2) is 66.4 Å². The van der Waals surface area contributed by atoms with E-state index >= 15 is 0 Å². The quantitative estimate of drug-likeness (QED) is 0.284. The molecule has 0 saturated carbocycles. The van der Waals surface area contributed by atoms with Gasteiger partial charge in [-0.2, -0.15) is 9.97 Å². The number of carbonyl (C=O) groups is 1. The molecule has 5 rings (SSSR count). The number of hydrogen-bond donors (Lipinski definition) is 4. The molecule has 1 fully saturated rings. The third-order valence-electron chi connectivity index (χ3n) is 6.21. The Balaban J connectivity index is 1.56. The van der Waals surface area contributed by atoms with E-state index in [1.165, 1.54) is 0 Å². The highest BCUT2D eigenvalue weighted by molar-refractivity contribution is 5.98. The third-order valence-corrected chi connectivity index (χ3v) is 6.21. The summed E-state index contributed by atoms with van der Waals surface area (Å²) in [5.74, 6) is 1.84. The average molecular weight is 504 g/mol. The van der Waals surface area contributed by atoms with Gasteiger partial charge in [-0.15, -0.1) is 0 Å². The molecule has 0 radical (unpaired) electrons. The summed E-state index contributed by atoms with van der Waals surface area (Å²) in [7, 11) is 4.96. The zero-order chi connectivity index (χ0) is 25.8. The van der Waals surface area contributed by atoms with Gasteiger partial charge in [-0.05, 0) is 35.9 Å². The minimum atomic E-state index is -0.203. The highest BCUT2D eigenvalue weighted by Crippen LogP contribution is 2.37. The maximum atomic E-state index is 12.0. The number of hydrogen-bond acceptors (Lipinski definition) is 9. The van der Waals surface area contributed by atoms with Crippen molar-refractivity contribution in [3.8, 4) is 22.8 Å². The number of H-pyrrole nitrogens is 1. The number of ether oxygens (including phenoxy) is 3. The van der Waals surface area contributed by atoms with Gasteiger partial charge in [0.15, 0.2) is 0 Å². The van der Waals surface area contributed by atoms with Crippen molar-refractivity contribution in [3.63, 3.8) is 0 Å². The lowest BCUT2D eigenvalue weighted by molar-refractivity contribution is 0.0244. The molecular weight excluding hydrogens is 474 g/mol. The molecule has 37 heavy (non-hydrogen) atoms. The molecular formula is C26H29N7O4. The standard InChI is InChI=1S/C26H29N7O4/c1-27-21-13-15(6-9-29-21)18-14-30-23-22(18)25(37-17-7-10-36-11-8-17)33-26(32-23)31-19-5-4-16(24(34)28-2)12-20(19)35-3/h4-6,9,12-14,17H,7-8,10-11H2,1-3H3,(H,27,29)(H,28,34)(H2,30,31,32,33). The van der Waals surface area contributed by atoms with Crippen LogP contribution in [0.4, 0.5) is 17.5 Å². The van der Waals surface area contributed by atoms with Gasteiger partial charge in [0.25, 0.3) is 5.91 Å². The van der Waals surface area contributed by atoms with Gasteiger partial charge in [0, 0.05) is 50.5 Å². The number of rotatable bonds is 8. The van der Waals surface area contributed by atoms with Crippen LogP contribution < -0.4 is 25.4 Å². The van der Waals surface area contributed by atoms with Crippen molar-refractivity contribution in [2.75, 3.05) is 45.1 Å². The Morgan fingerprint density at radius 2 is 1.97 bits per heavy atom. The van der Waals surface area contributed by atoms with Crippen molar-refractivity contribution < 1.29 is 19.0 Å². The van der Waals surface area contributed by atoms with Crippen LogP contribution >= 0.6 is 0 Å². The summed E-state index contributed by atoms with van der Waals surface area (Å²) in [5.41, 5.74) is 3.59. The van der Waals surface area contributed by atoms with E-state index in [2.05, 4.69) is 25.9 Å². The molecule has 1 aromatic carbocycles. The van der Waals surface area contributed by atoms with Crippen LogP contribution in [-0.2, 0) is 4.74 Å². The fraction of sp³-hybridized carbons (Fsp3) is 0.308. The Bertz CT molecular complexity index is 1420. The highest BCUT2D eigenvalue weighted by atomic mass is 16.5. The number of benzene rings is 1. The number of nitrogens with one attached hydrogen (secondary N) is 4. The first-order valence-electron chi connectivity index (χ1n) is 12.0. The molecule has 1 aliphatic heterocycles. The van der Waals surface area contributed by atoms with Crippen molar-refractivity contribution in [2.45, 2.75) is 18.9 Å². The van der Waals surface area contributed by atoms with Crippen LogP contribution in [0.25, 0.3) is 22.2 Å². The molecule has 11 nitrogen and oxygen atoms in total. The summed E-state index contributed by atoms with van der Waals surface area (Å²) >= 11 is 0. The Labute approximate surface area is 214 Å². The number of amides is 1. The van der Waals surface area contributed by atoms with E-state index in [1.54, 1.807) is 38.6 Å². The number of carbonyl (C=O) groups excluding carboxylic acids is 1. The summed E-state index contributed by atoms with van der Waals surface area (Å²) in [4.78, 5) is 29.1. The molecule has 0 aliphatic carbocycles. The molecule has 4 aromatic rings. The number of pyridine rings is 1. The summed E-state index contributed by atoms with van der Waals surface area (Å²) in [6.07, 6.45) is 5.19. The molecule has 192 valence electrons. The predicted molar refractivity (Wildman–Crippen MR) is 141 cm³/mol. The molecule has 0 bridgehead atoms. The van der Waals surface area contributed by atoms with Crippen LogP contribution in [0.3, 0.4) is 0 Å². The van der Waals surface area contributed by atoms with E-state index in [1.807, 2.05) is 25.4 Å². The number of aromatic amines is 1. The van der Waals surface area contributed by atoms with E-state index in [9.17, 15) is 4.79 Å². The van der Waals surface area contributed by atoms with Gasteiger partial charge < -0.3 is 35.1 Å². The molecule has 1 aliphatic rings. The zero-order valence-corrected chi connectivity index (χ0v) is 20.9. The maximum absolute atomic E-state index is 12.0. The maximum Gasteiger partial charge on any atom is 0.251 e. The summed E-state index contributed by atoms with van der Waals surface area (Å²) in [6, 6.07) is 9.02. The highest BCUT2D eigenvalue weighted by Gasteiger charge is 2.22. The number of nitrogens with zero attached hydrogens (tertiary/aromatic N) is 3. The SMILES string of the molecule is CNC(=O)c1ccc(Nc2nc(OC3CCOCC3)c3c(-c4ccnc(NC)c4)c[nH]c3n2)c(OC)c1. The largest absolute Gasteiger partial charge is 0.495 e. The number of fused-ring (bicyclic) bond motifs is 1. The molecule has 0 unspecified atom stereocenters. The Morgan fingerprint density at radius 3 is 2.73 bits per heavy atom. The van der Waals surface area contributed by atoms with Crippen molar-refractivity contribution in [2.24, 2.45) is 0 Å². The summed E-state index contributed by atoms with van der Waals surface area (Å²) in [6.45, 7) is 1.30. The van der Waals surface area contributed by atoms with E-state index in [-0.39, 0.29) is 12.0 Å². The minimum absolute atomic E-state index is 0.0193. The molecule has 11 heteroatoms. The summed E-state index contributed by atoms with van der Waals surface area (Å²) in [5, 5.41) is 9.69. The van der Waals surface area contributed by atoms with Gasteiger partial charge in [-0.1, -0.05) is 0 Å². The lowest BCUT2D eigenvalue weighted by Gasteiger charge is -2.23. The van der Waals surface area contributed by atoms with E-state index in [0.29, 0.717) is 47.7 Å². The molecule has 1 saturated heterocycles. The second-order valence-electron chi connectivity index (χ2n) is 8.51. The van der Waals surface area contributed by atoms with E-state index in [4.69, 9.17) is 24.2 Å². The Hall–Kier alpha value is -4.38. The first-order valence-corrected chi connectivity index (χ1v) is 12.0. The molecule has 4 N–H and O–H groups in total. The fourth-order valence-corrected chi connectivity index (χ4v) is 4.26. The van der Waals surface area contributed by atoms with Crippen molar-refractivity contribution in [3.05, 3.63) is 48.3 Å². The smallest absolute Gasteiger partial charge is 0.251 e. The van der Waals surface area contributed by atoms with Gasteiger partial charge in [-0.3, -0.25) is 4.79 Å². The van der Waals surface area contributed by atoms with Gasteiger partial charge in [0.1, 0.15) is 23.3 Å². The van der Waals surface area contributed by atoms with Crippen LogP contribution in [0.2, 0.25) is 0 Å². The second-order valence-corrected chi connectivity index (χ2v) is 8.51. The molecule has 1 amide bonds. The molecule has 3 aromatic heterocycles. The molecule has 0 atom stereocenters. The Morgan fingerprint density at radius 1 is 1.14 bits per heavy atom. The van der Waals surface area contributed by atoms with Gasteiger partial charge in [0.05, 0.1) is 31.4 Å². The number of methoxy groups -OCH3 is 1. The number of aromatic nitrogens is 4. The number of anilines is 3. The van der Waals surface area contributed by atoms with Crippen LogP contribution in [0.1, 0.15) is 23.2 Å². The Kier molecular flexibility index (Phi) is 7.04. The minimum Gasteiger partial charge on any atom is -0.495 e. The normalized spacial score (nSPS) is 13.8. The first kappa shape index (κ1) is 24.3. The first-order chi connectivity index (χ1) is 18.1. The molecule has 4 heterocycles. The molecule has 0 spiro atoms. The topological polar surface area (TPSA) is 135 Å². The van der Waals surface area contributed by atoms with Crippen LogP contribution in [0.5, 0.6) is 11.6 Å². The lowest BCUT2D eigenvalue weighted by Crippen LogP contribution is -2.26. The van der Waals surface area contributed by atoms with E-state index < -0.39 is 0 Å². The van der Waals surface area contributed by atoms with Crippen molar-refractivity contribution >= 4 is 34.4 Å². The van der Waals surface area contributed by atoms with Gasteiger partial charge in [0.2, 0.25) is 11.8 Å². The zero-order valence-electron chi connectivity index (χ0n) is 20.9. The fourth-order valence-electron chi connectivity index (χ4n) is 4.26. The van der Waals surface area contributed by atoms with Crippen molar-refractivity contribution in [1.29, 1.82) is 0 Å². The van der Waals surface area contributed by atoms with E-state index in [0.717, 1.165) is 35.2 Å².